The lowest BCUT2D eigenvalue weighted by Crippen LogP contribution is -2.41. The summed E-state index contributed by atoms with van der Waals surface area (Å²) >= 11 is 1.97. The van der Waals surface area contributed by atoms with E-state index in [0.717, 1.165) is 30.2 Å². The van der Waals surface area contributed by atoms with Crippen LogP contribution < -0.4 is 14.8 Å². The number of thioether (sulfide) groups is 1. The number of furan rings is 1. The Morgan fingerprint density at radius 2 is 2.04 bits per heavy atom. The van der Waals surface area contributed by atoms with Gasteiger partial charge in [-0.1, -0.05) is 0 Å². The number of hydrogen-bond acceptors (Lipinski definition) is 6. The minimum absolute atomic E-state index is 0.113. The topological polar surface area (TPSA) is 63.9 Å². The third kappa shape index (κ3) is 3.62. The zero-order valence-electron chi connectivity index (χ0n) is 13.8. The van der Waals surface area contributed by atoms with E-state index in [1.165, 1.54) is 0 Å². The van der Waals surface area contributed by atoms with E-state index in [0.29, 0.717) is 23.6 Å². The third-order valence-electron chi connectivity index (χ3n) is 4.51. The highest BCUT2D eigenvalue weighted by atomic mass is 32.2. The summed E-state index contributed by atoms with van der Waals surface area (Å²) in [6.07, 6.45) is 3.44. The molecule has 1 saturated heterocycles. The molecule has 1 aromatic heterocycles. The van der Waals surface area contributed by atoms with E-state index in [4.69, 9.17) is 13.9 Å². The molecule has 0 saturated carbocycles. The number of benzene rings is 1. The summed E-state index contributed by atoms with van der Waals surface area (Å²) < 4.78 is 15.9. The largest absolute Gasteiger partial charge is 0.472 e. The maximum atomic E-state index is 12.5. The van der Waals surface area contributed by atoms with E-state index < -0.39 is 0 Å². The molecule has 132 valence electrons. The molecule has 1 fully saturated rings. The predicted molar refractivity (Wildman–Crippen MR) is 95.2 cm³/mol. The molecule has 0 unspecified atom stereocenters. The molecule has 0 radical (unpaired) electrons. The fraction of sp³-hybridized carbons (Fsp3) is 0.389. The average molecular weight is 360 g/mol. The van der Waals surface area contributed by atoms with Crippen LogP contribution in [0.15, 0.2) is 41.2 Å². The van der Waals surface area contributed by atoms with Gasteiger partial charge >= 0.3 is 0 Å². The van der Waals surface area contributed by atoms with E-state index in [9.17, 15) is 4.79 Å². The van der Waals surface area contributed by atoms with E-state index in [-0.39, 0.29) is 18.7 Å². The van der Waals surface area contributed by atoms with Crippen LogP contribution in [0.4, 0.5) is 0 Å². The van der Waals surface area contributed by atoms with Crippen molar-refractivity contribution < 1.29 is 18.7 Å². The molecule has 1 N–H and O–H groups in total. The minimum Gasteiger partial charge on any atom is -0.472 e. The van der Waals surface area contributed by atoms with Crippen molar-refractivity contribution in [2.75, 3.05) is 37.9 Å². The van der Waals surface area contributed by atoms with Gasteiger partial charge in [0, 0.05) is 42.3 Å². The van der Waals surface area contributed by atoms with Gasteiger partial charge in [-0.15, -0.1) is 0 Å². The van der Waals surface area contributed by atoms with Gasteiger partial charge in [-0.25, -0.2) is 0 Å². The maximum absolute atomic E-state index is 12.5. The van der Waals surface area contributed by atoms with E-state index in [2.05, 4.69) is 10.2 Å². The van der Waals surface area contributed by atoms with Crippen LogP contribution in [0.3, 0.4) is 0 Å². The van der Waals surface area contributed by atoms with Gasteiger partial charge in [0.25, 0.3) is 5.91 Å². The van der Waals surface area contributed by atoms with E-state index in [1.807, 2.05) is 17.8 Å². The Morgan fingerprint density at radius 1 is 1.20 bits per heavy atom. The summed E-state index contributed by atoms with van der Waals surface area (Å²) in [5, 5.41) is 3.05. The highest BCUT2D eigenvalue weighted by Crippen LogP contribution is 2.32. The Balaban J connectivity index is 1.44. The fourth-order valence-electron chi connectivity index (χ4n) is 3.14. The van der Waals surface area contributed by atoms with Crippen molar-refractivity contribution in [2.24, 2.45) is 0 Å². The molecule has 1 aromatic carbocycles. The van der Waals surface area contributed by atoms with Crippen molar-refractivity contribution in [3.05, 3.63) is 47.9 Å². The summed E-state index contributed by atoms with van der Waals surface area (Å²) in [5.74, 6) is 3.42. The van der Waals surface area contributed by atoms with Crippen LogP contribution in [0.1, 0.15) is 22.0 Å². The molecule has 0 aliphatic carbocycles. The van der Waals surface area contributed by atoms with Crippen molar-refractivity contribution in [2.45, 2.75) is 6.04 Å². The molecule has 2 aliphatic rings. The second-order valence-corrected chi connectivity index (χ2v) is 7.22. The molecule has 2 aliphatic heterocycles. The summed E-state index contributed by atoms with van der Waals surface area (Å²) in [4.78, 5) is 15.0. The monoisotopic (exact) mass is 360 g/mol. The van der Waals surface area contributed by atoms with Gasteiger partial charge in [0.1, 0.15) is 0 Å². The molecule has 7 heteroatoms. The van der Waals surface area contributed by atoms with Gasteiger partial charge in [-0.05, 0) is 24.3 Å². The number of nitrogens with zero attached hydrogens (tertiary/aromatic N) is 1. The molecule has 3 heterocycles. The van der Waals surface area contributed by atoms with E-state index in [1.54, 1.807) is 30.7 Å². The first-order valence-corrected chi connectivity index (χ1v) is 9.48. The van der Waals surface area contributed by atoms with Crippen LogP contribution in [0, 0.1) is 0 Å². The van der Waals surface area contributed by atoms with Crippen molar-refractivity contribution in [1.82, 2.24) is 10.2 Å². The second-order valence-electron chi connectivity index (χ2n) is 6.00. The minimum atomic E-state index is -0.113. The van der Waals surface area contributed by atoms with Gasteiger partial charge < -0.3 is 19.2 Å². The fourth-order valence-corrected chi connectivity index (χ4v) is 4.07. The Morgan fingerprint density at radius 3 is 2.84 bits per heavy atom. The highest BCUT2D eigenvalue weighted by Gasteiger charge is 2.24. The number of carbonyl (C=O) groups excluding carboxylic acids is 1. The molecule has 2 aromatic rings. The van der Waals surface area contributed by atoms with Gasteiger partial charge in [-0.2, -0.15) is 11.8 Å². The predicted octanol–water partition coefficient (Wildman–Crippen LogP) is 2.53. The molecular weight excluding hydrogens is 340 g/mol. The number of carbonyl (C=O) groups is 1. The first kappa shape index (κ1) is 16.4. The smallest absolute Gasteiger partial charge is 0.251 e. The van der Waals surface area contributed by atoms with E-state index >= 15 is 0 Å². The van der Waals surface area contributed by atoms with Crippen LogP contribution in [0.2, 0.25) is 0 Å². The Kier molecular flexibility index (Phi) is 4.85. The van der Waals surface area contributed by atoms with Gasteiger partial charge in [-0.3, -0.25) is 9.69 Å². The number of hydrogen-bond donors (Lipinski definition) is 1. The van der Waals surface area contributed by atoms with Crippen molar-refractivity contribution >= 4 is 17.7 Å². The zero-order valence-corrected chi connectivity index (χ0v) is 14.6. The van der Waals surface area contributed by atoms with Gasteiger partial charge in [0.2, 0.25) is 6.79 Å². The maximum Gasteiger partial charge on any atom is 0.251 e. The number of fused-ring (bicyclic) bond motifs is 1. The average Bonchev–Trinajstić information content (AvgIpc) is 3.34. The zero-order chi connectivity index (χ0) is 17.1. The Labute approximate surface area is 150 Å². The van der Waals surface area contributed by atoms with Gasteiger partial charge in [0.15, 0.2) is 11.5 Å². The van der Waals surface area contributed by atoms with Crippen molar-refractivity contribution in [3.8, 4) is 11.5 Å². The molecule has 4 rings (SSSR count). The molecular formula is C18H20N2O4S. The second kappa shape index (κ2) is 7.41. The SMILES string of the molecule is O=C(NC[C@H](c1ccoc1)N1CCSCC1)c1ccc2c(c1)OCO2. The molecule has 0 spiro atoms. The molecule has 25 heavy (non-hydrogen) atoms. The first-order chi connectivity index (χ1) is 12.3. The third-order valence-corrected chi connectivity index (χ3v) is 5.45. The van der Waals surface area contributed by atoms with Crippen molar-refractivity contribution in [1.29, 1.82) is 0 Å². The highest BCUT2D eigenvalue weighted by molar-refractivity contribution is 7.99. The standard InChI is InChI=1S/C18H20N2O4S/c21-18(13-1-2-16-17(9-13)24-12-23-16)19-10-15(14-3-6-22-11-14)20-4-7-25-8-5-20/h1-3,6,9,11,15H,4-5,7-8,10,12H2,(H,19,21)/t15-/m1/s1. The van der Waals surface area contributed by atoms with Crippen molar-refractivity contribution in [3.63, 3.8) is 0 Å². The van der Waals surface area contributed by atoms with Crippen LogP contribution in [-0.4, -0.2) is 48.7 Å². The molecule has 6 nitrogen and oxygen atoms in total. The number of rotatable bonds is 5. The summed E-state index contributed by atoms with van der Waals surface area (Å²) in [6, 6.07) is 7.35. The summed E-state index contributed by atoms with van der Waals surface area (Å²) in [6.45, 7) is 2.77. The Hall–Kier alpha value is -2.12. The van der Waals surface area contributed by atoms with Crippen LogP contribution >= 0.6 is 11.8 Å². The lowest BCUT2D eigenvalue weighted by molar-refractivity contribution is 0.0934. The quantitative estimate of drug-likeness (QED) is 0.884. The molecule has 0 bridgehead atoms. The van der Waals surface area contributed by atoms with Crippen LogP contribution in [0.5, 0.6) is 11.5 Å². The molecule has 1 amide bonds. The lowest BCUT2D eigenvalue weighted by Gasteiger charge is -2.34. The number of ether oxygens (including phenoxy) is 2. The number of nitrogens with one attached hydrogen (secondary N) is 1. The summed E-state index contributed by atoms with van der Waals surface area (Å²) in [5.41, 5.74) is 1.67. The Bertz CT molecular complexity index is 729. The lowest BCUT2D eigenvalue weighted by atomic mass is 10.1. The van der Waals surface area contributed by atoms with Crippen LogP contribution in [-0.2, 0) is 0 Å². The first-order valence-electron chi connectivity index (χ1n) is 8.33. The van der Waals surface area contributed by atoms with Gasteiger partial charge in [0.05, 0.1) is 18.6 Å². The normalized spacial score (nSPS) is 18.1. The van der Waals surface area contributed by atoms with Crippen LogP contribution in [0.25, 0.3) is 0 Å². The molecule has 1 atom stereocenters. The summed E-state index contributed by atoms with van der Waals surface area (Å²) in [7, 11) is 0. The number of amides is 1.